The second kappa shape index (κ2) is 6.91. The number of hydrogen-bond donors (Lipinski definition) is 2. The third kappa shape index (κ3) is 4.44. The second-order valence-corrected chi connectivity index (χ2v) is 3.82. The summed E-state index contributed by atoms with van der Waals surface area (Å²) in [6.07, 6.45) is 0. The maximum absolute atomic E-state index is 11.2. The topological polar surface area (TPSA) is 50.4 Å². The Balaban J connectivity index is 2.48. The first-order chi connectivity index (χ1) is 8.17. The molecule has 4 heteroatoms. The molecule has 0 saturated carbocycles. The smallest absolute Gasteiger partial charge is 0.257 e. The standard InChI is InChI=1S/C13H20N2O2/c1-4-15-13(16)9-17-12-7-5-11(6-8-12)10(2)14-3/h5-8,10,14H,4,9H2,1-3H3,(H,15,16). The average Bonchev–Trinajstić information content (AvgIpc) is 2.36. The number of likely N-dealkylation sites (N-methyl/N-ethyl adjacent to an activating group) is 1. The van der Waals surface area contributed by atoms with Gasteiger partial charge in [0, 0.05) is 12.6 Å². The van der Waals surface area contributed by atoms with Gasteiger partial charge in [-0.1, -0.05) is 12.1 Å². The van der Waals surface area contributed by atoms with Crippen LogP contribution in [-0.2, 0) is 4.79 Å². The highest BCUT2D eigenvalue weighted by Crippen LogP contribution is 2.16. The van der Waals surface area contributed by atoms with Gasteiger partial charge in [-0.2, -0.15) is 0 Å². The van der Waals surface area contributed by atoms with Gasteiger partial charge in [0.25, 0.3) is 5.91 Å². The molecule has 1 aromatic carbocycles. The molecular weight excluding hydrogens is 216 g/mol. The molecule has 0 aromatic heterocycles. The van der Waals surface area contributed by atoms with E-state index in [-0.39, 0.29) is 12.5 Å². The van der Waals surface area contributed by atoms with Crippen molar-refractivity contribution in [2.75, 3.05) is 20.2 Å². The van der Waals surface area contributed by atoms with E-state index in [2.05, 4.69) is 17.6 Å². The van der Waals surface area contributed by atoms with Crippen LogP contribution in [0, 0.1) is 0 Å². The van der Waals surface area contributed by atoms with Crippen LogP contribution < -0.4 is 15.4 Å². The predicted octanol–water partition coefficient (Wildman–Crippen LogP) is 1.48. The molecule has 1 amide bonds. The molecule has 1 atom stereocenters. The Morgan fingerprint density at radius 3 is 2.53 bits per heavy atom. The SMILES string of the molecule is CCNC(=O)COc1ccc(C(C)NC)cc1. The molecule has 17 heavy (non-hydrogen) atoms. The van der Waals surface area contributed by atoms with Gasteiger partial charge in [-0.3, -0.25) is 4.79 Å². The minimum Gasteiger partial charge on any atom is -0.484 e. The third-order valence-corrected chi connectivity index (χ3v) is 2.56. The molecule has 0 aliphatic heterocycles. The monoisotopic (exact) mass is 236 g/mol. The van der Waals surface area contributed by atoms with Gasteiger partial charge in [0.15, 0.2) is 6.61 Å². The Bertz CT molecular complexity index is 349. The van der Waals surface area contributed by atoms with Crippen LogP contribution in [0.5, 0.6) is 5.75 Å². The predicted molar refractivity (Wildman–Crippen MR) is 68.1 cm³/mol. The summed E-state index contributed by atoms with van der Waals surface area (Å²) in [5.74, 6) is 0.614. The number of carbonyl (C=O) groups excluding carboxylic acids is 1. The number of benzene rings is 1. The van der Waals surface area contributed by atoms with Crippen LogP contribution in [0.2, 0.25) is 0 Å². The number of carbonyl (C=O) groups is 1. The number of nitrogens with one attached hydrogen (secondary N) is 2. The minimum absolute atomic E-state index is 0.0643. The van der Waals surface area contributed by atoms with E-state index in [1.807, 2.05) is 38.2 Å². The van der Waals surface area contributed by atoms with E-state index in [0.717, 1.165) is 0 Å². The molecule has 0 fully saturated rings. The van der Waals surface area contributed by atoms with Crippen molar-refractivity contribution in [3.8, 4) is 5.75 Å². The van der Waals surface area contributed by atoms with Gasteiger partial charge in [-0.05, 0) is 38.6 Å². The molecule has 0 bridgehead atoms. The molecule has 1 unspecified atom stereocenters. The number of rotatable bonds is 6. The van der Waals surface area contributed by atoms with Crippen LogP contribution in [0.15, 0.2) is 24.3 Å². The van der Waals surface area contributed by atoms with Crippen LogP contribution in [0.4, 0.5) is 0 Å². The molecule has 0 spiro atoms. The summed E-state index contributed by atoms with van der Waals surface area (Å²) in [6.45, 7) is 4.66. The number of amides is 1. The molecule has 0 aliphatic carbocycles. The summed E-state index contributed by atoms with van der Waals surface area (Å²) in [7, 11) is 1.92. The average molecular weight is 236 g/mol. The van der Waals surface area contributed by atoms with Gasteiger partial charge < -0.3 is 15.4 Å². The molecule has 4 nitrogen and oxygen atoms in total. The van der Waals surface area contributed by atoms with Gasteiger partial charge in [-0.15, -0.1) is 0 Å². The molecule has 0 radical (unpaired) electrons. The fourth-order valence-electron chi connectivity index (χ4n) is 1.42. The Kier molecular flexibility index (Phi) is 5.49. The maximum Gasteiger partial charge on any atom is 0.257 e. The van der Waals surface area contributed by atoms with E-state index in [1.54, 1.807) is 0 Å². The first kappa shape index (κ1) is 13.5. The lowest BCUT2D eigenvalue weighted by atomic mass is 10.1. The van der Waals surface area contributed by atoms with Crippen molar-refractivity contribution < 1.29 is 9.53 Å². The quantitative estimate of drug-likeness (QED) is 0.786. The van der Waals surface area contributed by atoms with E-state index < -0.39 is 0 Å². The summed E-state index contributed by atoms with van der Waals surface area (Å²) in [5.41, 5.74) is 1.19. The molecule has 0 saturated heterocycles. The van der Waals surface area contributed by atoms with Crippen molar-refractivity contribution in [3.63, 3.8) is 0 Å². The summed E-state index contributed by atoms with van der Waals surface area (Å²) in [4.78, 5) is 11.2. The van der Waals surface area contributed by atoms with Crippen molar-refractivity contribution in [3.05, 3.63) is 29.8 Å². The van der Waals surface area contributed by atoms with Crippen molar-refractivity contribution >= 4 is 5.91 Å². The largest absolute Gasteiger partial charge is 0.484 e. The van der Waals surface area contributed by atoms with Gasteiger partial charge in [0.05, 0.1) is 0 Å². The van der Waals surface area contributed by atoms with E-state index in [1.165, 1.54) is 5.56 Å². The highest BCUT2D eigenvalue weighted by molar-refractivity contribution is 5.77. The molecule has 94 valence electrons. The minimum atomic E-state index is -0.0971. The van der Waals surface area contributed by atoms with E-state index in [0.29, 0.717) is 18.3 Å². The second-order valence-electron chi connectivity index (χ2n) is 3.82. The van der Waals surface area contributed by atoms with Crippen LogP contribution in [0.1, 0.15) is 25.5 Å². The molecular formula is C13H20N2O2. The Hall–Kier alpha value is -1.55. The molecule has 0 aliphatic rings. The Labute approximate surface area is 102 Å². The van der Waals surface area contributed by atoms with Crippen LogP contribution in [0.3, 0.4) is 0 Å². The Morgan fingerprint density at radius 1 is 1.35 bits per heavy atom. The van der Waals surface area contributed by atoms with Gasteiger partial charge >= 0.3 is 0 Å². The molecule has 1 rings (SSSR count). The van der Waals surface area contributed by atoms with E-state index >= 15 is 0 Å². The zero-order valence-electron chi connectivity index (χ0n) is 10.6. The normalized spacial score (nSPS) is 11.9. The van der Waals surface area contributed by atoms with Crippen LogP contribution >= 0.6 is 0 Å². The molecule has 0 heterocycles. The lowest BCUT2D eigenvalue weighted by Gasteiger charge is -2.11. The summed E-state index contributed by atoms with van der Waals surface area (Å²) in [6, 6.07) is 8.06. The number of hydrogen-bond acceptors (Lipinski definition) is 3. The number of ether oxygens (including phenoxy) is 1. The summed E-state index contributed by atoms with van der Waals surface area (Å²) < 4.78 is 5.36. The van der Waals surface area contributed by atoms with Crippen LogP contribution in [0.25, 0.3) is 0 Å². The van der Waals surface area contributed by atoms with Gasteiger partial charge in [0.1, 0.15) is 5.75 Å². The zero-order chi connectivity index (χ0) is 12.7. The maximum atomic E-state index is 11.2. The highest BCUT2D eigenvalue weighted by atomic mass is 16.5. The van der Waals surface area contributed by atoms with Crippen LogP contribution in [-0.4, -0.2) is 26.1 Å². The first-order valence-electron chi connectivity index (χ1n) is 5.84. The fraction of sp³-hybridized carbons (Fsp3) is 0.462. The zero-order valence-corrected chi connectivity index (χ0v) is 10.6. The third-order valence-electron chi connectivity index (χ3n) is 2.56. The molecule has 2 N–H and O–H groups in total. The highest BCUT2D eigenvalue weighted by Gasteiger charge is 2.03. The van der Waals surface area contributed by atoms with Gasteiger partial charge in [-0.25, -0.2) is 0 Å². The Morgan fingerprint density at radius 2 is 2.00 bits per heavy atom. The lowest BCUT2D eigenvalue weighted by molar-refractivity contribution is -0.122. The lowest BCUT2D eigenvalue weighted by Crippen LogP contribution is -2.28. The van der Waals surface area contributed by atoms with Crippen molar-refractivity contribution in [1.29, 1.82) is 0 Å². The van der Waals surface area contributed by atoms with Crippen molar-refractivity contribution in [2.24, 2.45) is 0 Å². The van der Waals surface area contributed by atoms with Crippen molar-refractivity contribution in [1.82, 2.24) is 10.6 Å². The summed E-state index contributed by atoms with van der Waals surface area (Å²) in [5, 5.41) is 5.84. The van der Waals surface area contributed by atoms with Gasteiger partial charge in [0.2, 0.25) is 0 Å². The van der Waals surface area contributed by atoms with Crippen molar-refractivity contribution in [2.45, 2.75) is 19.9 Å². The van der Waals surface area contributed by atoms with E-state index in [4.69, 9.17) is 4.74 Å². The van der Waals surface area contributed by atoms with E-state index in [9.17, 15) is 4.79 Å². The first-order valence-corrected chi connectivity index (χ1v) is 5.84. The fourth-order valence-corrected chi connectivity index (χ4v) is 1.42. The summed E-state index contributed by atoms with van der Waals surface area (Å²) >= 11 is 0. The molecule has 1 aromatic rings.